The Morgan fingerprint density at radius 3 is 2.78 bits per heavy atom. The molecule has 0 spiro atoms. The minimum absolute atomic E-state index is 0.250. The van der Waals surface area contributed by atoms with Gasteiger partial charge in [-0.1, -0.05) is 0 Å². The van der Waals surface area contributed by atoms with E-state index in [1.807, 2.05) is 10.7 Å². The molecule has 2 aromatic heterocycles. The number of anilines is 1. The van der Waals surface area contributed by atoms with E-state index in [0.29, 0.717) is 18.7 Å². The summed E-state index contributed by atoms with van der Waals surface area (Å²) in [4.78, 5) is 9.16. The maximum Gasteiger partial charge on any atom is 0.223 e. The molecule has 3 aromatic rings. The van der Waals surface area contributed by atoms with Gasteiger partial charge in [0.1, 0.15) is 11.5 Å². The van der Waals surface area contributed by atoms with Crippen molar-refractivity contribution < 1.29 is 4.39 Å². The zero-order valence-corrected chi connectivity index (χ0v) is 15.0. The summed E-state index contributed by atoms with van der Waals surface area (Å²) in [6, 6.07) is 8.89. The van der Waals surface area contributed by atoms with Crippen molar-refractivity contribution >= 4 is 5.95 Å². The molecule has 5 rings (SSSR count). The molecule has 3 heterocycles. The number of hydrogen-bond donors (Lipinski definition) is 2. The molecule has 2 aliphatic rings. The van der Waals surface area contributed by atoms with Gasteiger partial charge in [-0.3, -0.25) is 10.00 Å². The lowest BCUT2D eigenvalue weighted by Crippen LogP contribution is -2.29. The summed E-state index contributed by atoms with van der Waals surface area (Å²) < 4.78 is 15.4. The van der Waals surface area contributed by atoms with Gasteiger partial charge in [0.05, 0.1) is 18.1 Å². The van der Waals surface area contributed by atoms with Gasteiger partial charge in [0, 0.05) is 36.3 Å². The fraction of sp³-hybridized carbons (Fsp3) is 0.350. The number of hydrogen-bond acceptors (Lipinski definition) is 5. The molecule has 0 atom stereocenters. The second-order valence-electron chi connectivity index (χ2n) is 7.12. The lowest BCUT2D eigenvalue weighted by molar-refractivity contribution is 0.443. The lowest BCUT2D eigenvalue weighted by atomic mass is 9.93. The van der Waals surface area contributed by atoms with E-state index >= 15 is 0 Å². The molecule has 138 valence electrons. The molecular formula is C20H21FN6. The van der Waals surface area contributed by atoms with E-state index in [9.17, 15) is 4.39 Å². The normalized spacial score (nSPS) is 16.6. The third-order valence-electron chi connectivity index (χ3n) is 5.33. The Labute approximate surface area is 156 Å². The molecule has 2 N–H and O–H groups in total. The molecule has 0 unspecified atom stereocenters. The minimum Gasteiger partial charge on any atom is -0.351 e. The number of nitrogens with one attached hydrogen (secondary N) is 2. The predicted octanol–water partition coefficient (Wildman–Crippen LogP) is 3.21. The lowest BCUT2D eigenvalue weighted by Gasteiger charge is -2.26. The Morgan fingerprint density at radius 1 is 1.15 bits per heavy atom. The molecule has 0 amide bonds. The average Bonchev–Trinajstić information content (AvgIpc) is 3.05. The number of nitrogens with zero attached hydrogens (tertiary/aromatic N) is 4. The summed E-state index contributed by atoms with van der Waals surface area (Å²) in [7, 11) is 0. The van der Waals surface area contributed by atoms with Crippen LogP contribution in [0.1, 0.15) is 25.0 Å². The Morgan fingerprint density at radius 2 is 2.00 bits per heavy atom. The van der Waals surface area contributed by atoms with E-state index in [-0.39, 0.29) is 5.82 Å². The van der Waals surface area contributed by atoms with Crippen LogP contribution in [-0.4, -0.2) is 32.3 Å². The third kappa shape index (κ3) is 3.08. The van der Waals surface area contributed by atoms with Crippen molar-refractivity contribution in [2.24, 2.45) is 0 Å². The van der Waals surface area contributed by atoms with Gasteiger partial charge in [0.25, 0.3) is 0 Å². The highest BCUT2D eigenvalue weighted by Crippen LogP contribution is 2.35. The minimum atomic E-state index is -0.250. The van der Waals surface area contributed by atoms with Crippen LogP contribution in [0.4, 0.5) is 10.3 Å². The monoisotopic (exact) mass is 364 g/mol. The van der Waals surface area contributed by atoms with Crippen molar-refractivity contribution in [1.29, 1.82) is 0 Å². The van der Waals surface area contributed by atoms with Crippen LogP contribution in [-0.2, 0) is 13.1 Å². The fourth-order valence-electron chi connectivity index (χ4n) is 3.65. The van der Waals surface area contributed by atoms with Crippen LogP contribution >= 0.6 is 0 Å². The second-order valence-corrected chi connectivity index (χ2v) is 7.12. The van der Waals surface area contributed by atoms with E-state index in [4.69, 9.17) is 10.1 Å². The first-order valence-electron chi connectivity index (χ1n) is 9.44. The molecule has 1 saturated carbocycles. The highest BCUT2D eigenvalue weighted by atomic mass is 19.1. The molecule has 1 aliphatic heterocycles. The van der Waals surface area contributed by atoms with Crippen LogP contribution < -0.4 is 10.6 Å². The maximum atomic E-state index is 13.4. The zero-order valence-electron chi connectivity index (χ0n) is 15.0. The van der Waals surface area contributed by atoms with Crippen molar-refractivity contribution in [2.45, 2.75) is 38.4 Å². The highest BCUT2D eigenvalue weighted by Gasteiger charge is 2.24. The predicted molar refractivity (Wildman–Crippen MR) is 102 cm³/mol. The van der Waals surface area contributed by atoms with E-state index in [0.717, 1.165) is 41.2 Å². The van der Waals surface area contributed by atoms with Crippen molar-refractivity contribution in [3.05, 3.63) is 48.0 Å². The molecule has 1 aromatic carbocycles. The number of benzene rings is 1. The van der Waals surface area contributed by atoms with Gasteiger partial charge in [-0.15, -0.1) is 0 Å². The third-order valence-corrected chi connectivity index (χ3v) is 5.33. The summed E-state index contributed by atoms with van der Waals surface area (Å²) in [5.41, 5.74) is 4.75. The van der Waals surface area contributed by atoms with E-state index in [2.05, 4.69) is 15.6 Å². The van der Waals surface area contributed by atoms with Crippen LogP contribution in [0, 0.1) is 5.82 Å². The fourth-order valence-corrected chi connectivity index (χ4v) is 3.65. The van der Waals surface area contributed by atoms with Gasteiger partial charge in [0.15, 0.2) is 0 Å². The first-order valence-corrected chi connectivity index (χ1v) is 9.44. The van der Waals surface area contributed by atoms with Crippen molar-refractivity contribution in [3.63, 3.8) is 0 Å². The van der Waals surface area contributed by atoms with Crippen LogP contribution in [0.3, 0.4) is 0 Å². The first kappa shape index (κ1) is 16.4. The van der Waals surface area contributed by atoms with Crippen LogP contribution in [0.15, 0.2) is 36.5 Å². The second kappa shape index (κ2) is 6.74. The van der Waals surface area contributed by atoms with Gasteiger partial charge in [-0.25, -0.2) is 14.4 Å². The number of aromatic nitrogens is 4. The van der Waals surface area contributed by atoms with Gasteiger partial charge in [0.2, 0.25) is 5.95 Å². The number of fused-ring (bicyclic) bond motifs is 1. The van der Waals surface area contributed by atoms with Crippen LogP contribution in [0.2, 0.25) is 0 Å². The van der Waals surface area contributed by atoms with Gasteiger partial charge < -0.3 is 5.32 Å². The smallest absolute Gasteiger partial charge is 0.223 e. The maximum absolute atomic E-state index is 13.4. The van der Waals surface area contributed by atoms with E-state index in [1.165, 1.54) is 31.4 Å². The van der Waals surface area contributed by atoms with Crippen molar-refractivity contribution in [1.82, 2.24) is 25.1 Å². The zero-order chi connectivity index (χ0) is 18.2. The van der Waals surface area contributed by atoms with Gasteiger partial charge in [-0.2, -0.15) is 5.10 Å². The number of rotatable bonds is 4. The largest absolute Gasteiger partial charge is 0.351 e. The van der Waals surface area contributed by atoms with Crippen molar-refractivity contribution in [2.75, 3.05) is 11.9 Å². The SMILES string of the molecule is Fc1ccc(-c2nn3c(c2-c2ccnc(NC4CCC4)n2)CCNC3)cc1. The van der Waals surface area contributed by atoms with E-state index < -0.39 is 0 Å². The summed E-state index contributed by atoms with van der Waals surface area (Å²) in [6.45, 7) is 1.57. The highest BCUT2D eigenvalue weighted by molar-refractivity contribution is 5.81. The summed E-state index contributed by atoms with van der Waals surface area (Å²) in [5.74, 6) is 0.413. The van der Waals surface area contributed by atoms with Crippen molar-refractivity contribution in [3.8, 4) is 22.5 Å². The summed E-state index contributed by atoms with van der Waals surface area (Å²) >= 11 is 0. The molecule has 27 heavy (non-hydrogen) atoms. The Bertz CT molecular complexity index is 961. The molecular weight excluding hydrogens is 343 g/mol. The number of halogens is 1. The quantitative estimate of drug-likeness (QED) is 0.744. The Hall–Kier alpha value is -2.80. The molecule has 0 bridgehead atoms. The van der Waals surface area contributed by atoms with Crippen LogP contribution in [0.25, 0.3) is 22.5 Å². The molecule has 7 heteroatoms. The Balaban J connectivity index is 1.61. The molecule has 0 radical (unpaired) electrons. The molecule has 1 fully saturated rings. The molecule has 6 nitrogen and oxygen atoms in total. The molecule has 1 aliphatic carbocycles. The van der Waals surface area contributed by atoms with E-state index in [1.54, 1.807) is 18.3 Å². The topological polar surface area (TPSA) is 67.7 Å². The molecule has 0 saturated heterocycles. The standard InChI is InChI=1S/C20H21FN6/c21-14-6-4-13(5-7-14)19-18(17-9-10-22-12-27(17)26-19)16-8-11-23-20(25-16)24-15-2-1-3-15/h4-8,11,15,22H,1-3,9-10,12H2,(H,23,24,25). The summed E-state index contributed by atoms with van der Waals surface area (Å²) in [6.07, 6.45) is 6.27. The summed E-state index contributed by atoms with van der Waals surface area (Å²) in [5, 5.41) is 11.6. The Kier molecular flexibility index (Phi) is 4.09. The first-order chi connectivity index (χ1) is 13.3. The van der Waals surface area contributed by atoms with Crippen LogP contribution in [0.5, 0.6) is 0 Å². The van der Waals surface area contributed by atoms with Gasteiger partial charge in [-0.05, 0) is 49.6 Å². The average molecular weight is 364 g/mol. The van der Waals surface area contributed by atoms with Gasteiger partial charge >= 0.3 is 0 Å².